The van der Waals surface area contributed by atoms with Gasteiger partial charge in [0.05, 0.1) is 0 Å². The Morgan fingerprint density at radius 1 is 1.43 bits per heavy atom. The molecule has 6 heteroatoms. The maximum absolute atomic E-state index is 13.7. The zero-order valence-electron chi connectivity index (χ0n) is 12.2. The predicted molar refractivity (Wildman–Crippen MR) is 77.5 cm³/mol. The summed E-state index contributed by atoms with van der Waals surface area (Å²) >= 11 is 0. The molecule has 4 nitrogen and oxygen atoms in total. The smallest absolute Gasteiger partial charge is 0.207 e. The maximum Gasteiger partial charge on any atom is 0.244 e. The van der Waals surface area contributed by atoms with Gasteiger partial charge in [-0.05, 0) is 37.3 Å². The van der Waals surface area contributed by atoms with Gasteiger partial charge in [0.25, 0.3) is 0 Å². The Balaban J connectivity index is 2.40. The number of hydrogen-bond donors (Lipinski definition) is 0. The van der Waals surface area contributed by atoms with Crippen molar-refractivity contribution in [3.8, 4) is 6.07 Å². The zero-order chi connectivity index (χ0) is 15.6. The SMILES string of the molecule is CC(C)CCN(C1CC1)S(=O)(=O)c1cccc(F)c1C#N. The van der Waals surface area contributed by atoms with Crippen molar-refractivity contribution in [2.45, 2.75) is 44.0 Å². The Morgan fingerprint density at radius 3 is 2.62 bits per heavy atom. The third-order valence-electron chi connectivity index (χ3n) is 3.55. The molecule has 0 aromatic heterocycles. The minimum atomic E-state index is -3.83. The van der Waals surface area contributed by atoms with Crippen molar-refractivity contribution < 1.29 is 12.8 Å². The summed E-state index contributed by atoms with van der Waals surface area (Å²) in [6, 6.07) is 5.40. The molecule has 0 heterocycles. The first kappa shape index (κ1) is 15.9. The van der Waals surface area contributed by atoms with E-state index in [0.29, 0.717) is 12.5 Å². The summed E-state index contributed by atoms with van der Waals surface area (Å²) in [6.45, 7) is 4.47. The van der Waals surface area contributed by atoms with Gasteiger partial charge in [-0.15, -0.1) is 0 Å². The van der Waals surface area contributed by atoms with E-state index in [4.69, 9.17) is 5.26 Å². The van der Waals surface area contributed by atoms with E-state index in [9.17, 15) is 12.8 Å². The van der Waals surface area contributed by atoms with Crippen LogP contribution in [-0.2, 0) is 10.0 Å². The van der Waals surface area contributed by atoms with Crippen molar-refractivity contribution in [3.63, 3.8) is 0 Å². The normalized spacial score (nSPS) is 15.4. The summed E-state index contributed by atoms with van der Waals surface area (Å²) < 4.78 is 40.6. The van der Waals surface area contributed by atoms with Crippen molar-refractivity contribution in [2.75, 3.05) is 6.54 Å². The molecule has 0 radical (unpaired) electrons. The highest BCUT2D eigenvalue weighted by Crippen LogP contribution is 2.33. The summed E-state index contributed by atoms with van der Waals surface area (Å²) in [7, 11) is -3.83. The fourth-order valence-electron chi connectivity index (χ4n) is 2.20. The van der Waals surface area contributed by atoms with Gasteiger partial charge >= 0.3 is 0 Å². The van der Waals surface area contributed by atoms with Gasteiger partial charge < -0.3 is 0 Å². The molecule has 21 heavy (non-hydrogen) atoms. The molecule has 0 bridgehead atoms. The van der Waals surface area contributed by atoms with Gasteiger partial charge in [-0.3, -0.25) is 0 Å². The molecule has 1 fully saturated rings. The number of rotatable bonds is 6. The molecule has 0 aliphatic heterocycles. The van der Waals surface area contributed by atoms with Crippen LogP contribution in [0.4, 0.5) is 4.39 Å². The second-order valence-electron chi connectivity index (χ2n) is 5.75. The van der Waals surface area contributed by atoms with Crippen LogP contribution < -0.4 is 0 Å². The van der Waals surface area contributed by atoms with Crippen molar-refractivity contribution in [1.29, 1.82) is 5.26 Å². The van der Waals surface area contributed by atoms with Gasteiger partial charge in [0.1, 0.15) is 22.3 Å². The number of nitriles is 1. The average molecular weight is 310 g/mol. The first-order valence-electron chi connectivity index (χ1n) is 7.08. The van der Waals surface area contributed by atoms with Gasteiger partial charge in [0, 0.05) is 12.6 Å². The van der Waals surface area contributed by atoms with Gasteiger partial charge in [-0.25, -0.2) is 12.8 Å². The fourth-order valence-corrected chi connectivity index (χ4v) is 4.05. The largest absolute Gasteiger partial charge is 0.244 e. The zero-order valence-corrected chi connectivity index (χ0v) is 13.0. The van der Waals surface area contributed by atoms with E-state index in [1.54, 1.807) is 6.07 Å². The summed E-state index contributed by atoms with van der Waals surface area (Å²) in [4.78, 5) is -0.222. The number of hydrogen-bond acceptors (Lipinski definition) is 3. The van der Waals surface area contributed by atoms with Crippen molar-refractivity contribution in [1.82, 2.24) is 4.31 Å². The van der Waals surface area contributed by atoms with Crippen molar-refractivity contribution in [3.05, 3.63) is 29.6 Å². The molecule has 0 saturated heterocycles. The van der Waals surface area contributed by atoms with Gasteiger partial charge in [-0.2, -0.15) is 9.57 Å². The Labute approximate surface area is 125 Å². The van der Waals surface area contributed by atoms with E-state index >= 15 is 0 Å². The monoisotopic (exact) mass is 310 g/mol. The lowest BCUT2D eigenvalue weighted by Crippen LogP contribution is -2.35. The highest BCUT2D eigenvalue weighted by molar-refractivity contribution is 7.89. The van der Waals surface area contributed by atoms with Crippen LogP contribution >= 0.6 is 0 Å². The van der Waals surface area contributed by atoms with Gasteiger partial charge in [0.2, 0.25) is 10.0 Å². The van der Waals surface area contributed by atoms with E-state index < -0.39 is 21.4 Å². The third kappa shape index (κ3) is 3.42. The highest BCUT2D eigenvalue weighted by atomic mass is 32.2. The van der Waals surface area contributed by atoms with Crippen molar-refractivity contribution >= 4 is 10.0 Å². The van der Waals surface area contributed by atoms with Crippen LogP contribution in [0.3, 0.4) is 0 Å². The minimum Gasteiger partial charge on any atom is -0.207 e. The molecular weight excluding hydrogens is 291 g/mol. The Hall–Kier alpha value is -1.45. The van der Waals surface area contributed by atoms with E-state index in [0.717, 1.165) is 25.3 Å². The predicted octanol–water partition coefficient (Wildman–Crippen LogP) is 2.90. The quantitative estimate of drug-likeness (QED) is 0.811. The van der Waals surface area contributed by atoms with Crippen molar-refractivity contribution in [2.24, 2.45) is 5.92 Å². The van der Waals surface area contributed by atoms with E-state index in [1.165, 1.54) is 16.4 Å². The summed E-state index contributed by atoms with van der Waals surface area (Å²) in [5, 5.41) is 9.04. The molecular formula is C15H19FN2O2S. The topological polar surface area (TPSA) is 61.2 Å². The lowest BCUT2D eigenvalue weighted by atomic mass is 10.1. The molecule has 1 saturated carbocycles. The Bertz CT molecular complexity index is 661. The summed E-state index contributed by atoms with van der Waals surface area (Å²) in [5.74, 6) is -0.414. The van der Waals surface area contributed by atoms with E-state index in [2.05, 4.69) is 0 Å². The highest BCUT2D eigenvalue weighted by Gasteiger charge is 2.39. The summed E-state index contributed by atoms with van der Waals surface area (Å²) in [5.41, 5.74) is -0.396. The molecule has 0 atom stereocenters. The van der Waals surface area contributed by atoms with Crippen LogP contribution in [0.15, 0.2) is 23.1 Å². The van der Waals surface area contributed by atoms with Crippen LogP contribution in [-0.4, -0.2) is 25.3 Å². The summed E-state index contributed by atoms with van der Waals surface area (Å²) in [6.07, 6.45) is 2.40. The van der Waals surface area contributed by atoms with Crippen LogP contribution in [0.2, 0.25) is 0 Å². The average Bonchev–Trinajstić information content (AvgIpc) is 3.22. The van der Waals surface area contributed by atoms with Gasteiger partial charge in [-0.1, -0.05) is 19.9 Å². The molecule has 0 unspecified atom stereocenters. The van der Waals surface area contributed by atoms with Crippen LogP contribution in [0.1, 0.15) is 38.7 Å². The van der Waals surface area contributed by atoms with Crippen LogP contribution in [0.25, 0.3) is 0 Å². The fraction of sp³-hybridized carbons (Fsp3) is 0.533. The molecule has 0 spiro atoms. The minimum absolute atomic E-state index is 0.0106. The number of benzene rings is 1. The van der Waals surface area contributed by atoms with E-state index in [-0.39, 0.29) is 10.9 Å². The number of halogens is 1. The molecule has 1 aromatic rings. The number of nitrogens with zero attached hydrogens (tertiary/aromatic N) is 2. The van der Waals surface area contributed by atoms with Gasteiger partial charge in [0.15, 0.2) is 0 Å². The Kier molecular flexibility index (Phi) is 4.64. The van der Waals surface area contributed by atoms with E-state index in [1.807, 2.05) is 13.8 Å². The molecule has 1 aliphatic carbocycles. The first-order valence-corrected chi connectivity index (χ1v) is 8.52. The maximum atomic E-state index is 13.7. The van der Waals surface area contributed by atoms with Crippen LogP contribution in [0, 0.1) is 23.1 Å². The second kappa shape index (κ2) is 6.12. The standard InChI is InChI=1S/C15H19FN2O2S/c1-11(2)8-9-18(12-6-7-12)21(19,20)15-5-3-4-14(16)13(15)10-17/h3-5,11-12H,6-9H2,1-2H3. The molecule has 114 valence electrons. The molecule has 2 rings (SSSR count). The molecule has 1 aliphatic rings. The second-order valence-corrected chi connectivity index (χ2v) is 7.61. The molecule has 0 N–H and O–H groups in total. The van der Waals surface area contributed by atoms with Crippen LogP contribution in [0.5, 0.6) is 0 Å². The lowest BCUT2D eigenvalue weighted by Gasteiger charge is -2.23. The first-order chi connectivity index (χ1) is 9.87. The number of sulfonamides is 1. The lowest BCUT2D eigenvalue weighted by molar-refractivity contribution is 0.373. The Morgan fingerprint density at radius 2 is 2.10 bits per heavy atom. The molecule has 1 aromatic carbocycles. The third-order valence-corrected chi connectivity index (χ3v) is 5.55. The molecule has 0 amide bonds.